The van der Waals surface area contributed by atoms with Crippen molar-refractivity contribution >= 4 is 28.0 Å². The lowest BCUT2D eigenvalue weighted by Gasteiger charge is -2.28. The van der Waals surface area contributed by atoms with Crippen LogP contribution in [0.1, 0.15) is 59.8 Å². The number of aliphatic imine (C=N–C) groups is 1. The van der Waals surface area contributed by atoms with Crippen molar-refractivity contribution in [3.63, 3.8) is 0 Å². The smallest absolute Gasteiger partial charge is 0.175 e. The molecule has 1 aromatic rings. The Labute approximate surface area is 123 Å². The van der Waals surface area contributed by atoms with Crippen molar-refractivity contribution in [3.8, 4) is 0 Å². The van der Waals surface area contributed by atoms with E-state index in [0.717, 1.165) is 42.2 Å². The van der Waals surface area contributed by atoms with Crippen LogP contribution in [0.4, 0.5) is 5.00 Å². The van der Waals surface area contributed by atoms with Gasteiger partial charge in [-0.05, 0) is 31.2 Å². The topological polar surface area (TPSA) is 32.7 Å². The first-order chi connectivity index (χ1) is 9.74. The van der Waals surface area contributed by atoms with Crippen molar-refractivity contribution in [1.82, 2.24) is 4.90 Å². The fraction of sp³-hybridized carbons (Fsp3) is 0.625. The Hall–Kier alpha value is -1.16. The summed E-state index contributed by atoms with van der Waals surface area (Å²) in [6, 6.07) is 0. The van der Waals surface area contributed by atoms with Crippen LogP contribution in [0, 0.1) is 5.92 Å². The van der Waals surface area contributed by atoms with Gasteiger partial charge in [0.15, 0.2) is 5.78 Å². The molecule has 0 spiro atoms. The number of carbonyl (C=O) groups is 1. The van der Waals surface area contributed by atoms with Gasteiger partial charge < -0.3 is 4.90 Å². The Bertz CT molecular complexity index is 602. The molecular weight excluding hydrogens is 268 g/mol. The van der Waals surface area contributed by atoms with E-state index < -0.39 is 0 Å². The van der Waals surface area contributed by atoms with Crippen LogP contribution in [0.5, 0.6) is 0 Å². The zero-order chi connectivity index (χ0) is 13.7. The predicted molar refractivity (Wildman–Crippen MR) is 82.1 cm³/mol. The van der Waals surface area contributed by atoms with Gasteiger partial charge in [0.1, 0.15) is 10.8 Å². The summed E-state index contributed by atoms with van der Waals surface area (Å²) in [6.07, 6.45) is 7.02. The third-order valence-electron chi connectivity index (χ3n) is 4.87. The molecule has 1 atom stereocenters. The van der Waals surface area contributed by atoms with Crippen LogP contribution in [-0.4, -0.2) is 23.1 Å². The molecule has 0 amide bonds. The van der Waals surface area contributed by atoms with E-state index in [1.165, 1.54) is 36.2 Å². The summed E-state index contributed by atoms with van der Waals surface area (Å²) >= 11 is 1.65. The summed E-state index contributed by atoms with van der Waals surface area (Å²) in [4.78, 5) is 20.7. The van der Waals surface area contributed by atoms with Gasteiger partial charge >= 0.3 is 0 Å². The lowest BCUT2D eigenvalue weighted by molar-refractivity contribution is 0.0918. The summed E-state index contributed by atoms with van der Waals surface area (Å²) in [5.41, 5.74) is 2.68. The number of thiophene rings is 1. The zero-order valence-corrected chi connectivity index (χ0v) is 12.8. The minimum atomic E-state index is 0.195. The van der Waals surface area contributed by atoms with Crippen molar-refractivity contribution in [3.05, 3.63) is 16.0 Å². The van der Waals surface area contributed by atoms with E-state index in [9.17, 15) is 4.79 Å². The van der Waals surface area contributed by atoms with Gasteiger partial charge in [0.05, 0.1) is 4.88 Å². The molecule has 3 nitrogen and oxygen atoms in total. The largest absolute Gasteiger partial charge is 0.356 e. The molecule has 0 bridgehead atoms. The molecular formula is C16H20N2OS. The van der Waals surface area contributed by atoms with Gasteiger partial charge in [-0.1, -0.05) is 13.3 Å². The number of Topliss-reactive ketones (excluding diaryl/α,β-unsaturated/α-hetero) is 1. The van der Waals surface area contributed by atoms with E-state index in [4.69, 9.17) is 4.99 Å². The minimum Gasteiger partial charge on any atom is -0.356 e. The summed E-state index contributed by atoms with van der Waals surface area (Å²) < 4.78 is 0. The summed E-state index contributed by atoms with van der Waals surface area (Å²) in [7, 11) is 0. The van der Waals surface area contributed by atoms with Gasteiger partial charge in [0.2, 0.25) is 0 Å². The second kappa shape index (κ2) is 4.69. The first kappa shape index (κ1) is 12.6. The molecule has 4 rings (SSSR count). The Morgan fingerprint density at radius 2 is 2.10 bits per heavy atom. The number of nitrogens with zero attached hydrogens (tertiary/aromatic N) is 2. The van der Waals surface area contributed by atoms with E-state index in [-0.39, 0.29) is 5.92 Å². The molecule has 0 N–H and O–H groups in total. The molecule has 2 aliphatic heterocycles. The average molecular weight is 288 g/mol. The van der Waals surface area contributed by atoms with Crippen molar-refractivity contribution in [1.29, 1.82) is 0 Å². The van der Waals surface area contributed by atoms with E-state index in [1.807, 2.05) is 0 Å². The quantitative estimate of drug-likeness (QED) is 0.724. The highest BCUT2D eigenvalue weighted by Gasteiger charge is 2.33. The second-order valence-electron chi connectivity index (χ2n) is 6.26. The number of rotatable bonds is 0. The Balaban J connectivity index is 1.78. The van der Waals surface area contributed by atoms with Crippen LogP contribution in [-0.2, 0) is 13.0 Å². The van der Waals surface area contributed by atoms with Crippen LogP contribution < -0.4 is 0 Å². The van der Waals surface area contributed by atoms with Gasteiger partial charge in [-0.25, -0.2) is 4.99 Å². The lowest BCUT2D eigenvalue weighted by Crippen LogP contribution is -2.32. The third kappa shape index (κ3) is 1.85. The number of hydrogen-bond acceptors (Lipinski definition) is 4. The molecule has 4 heteroatoms. The van der Waals surface area contributed by atoms with Gasteiger partial charge in [0, 0.05) is 31.0 Å². The minimum absolute atomic E-state index is 0.195. The summed E-state index contributed by atoms with van der Waals surface area (Å²) in [5.74, 6) is 1.80. The number of hydrogen-bond donors (Lipinski definition) is 0. The molecule has 3 aliphatic rings. The summed E-state index contributed by atoms with van der Waals surface area (Å²) in [6.45, 7) is 4.18. The Morgan fingerprint density at radius 1 is 1.20 bits per heavy atom. The predicted octanol–water partition coefficient (Wildman–Crippen LogP) is 3.93. The number of amidine groups is 1. The van der Waals surface area contributed by atoms with Crippen LogP contribution in [0.3, 0.4) is 0 Å². The number of carbonyl (C=O) groups excluding carboxylic acids is 1. The van der Waals surface area contributed by atoms with E-state index in [0.29, 0.717) is 5.78 Å². The van der Waals surface area contributed by atoms with Crippen LogP contribution >= 0.6 is 11.3 Å². The molecule has 3 heterocycles. The molecule has 1 aromatic heterocycles. The van der Waals surface area contributed by atoms with Crippen molar-refractivity contribution in [2.75, 3.05) is 6.54 Å². The highest BCUT2D eigenvalue weighted by molar-refractivity contribution is 7.18. The number of ketones is 1. The van der Waals surface area contributed by atoms with E-state index in [2.05, 4.69) is 11.8 Å². The van der Waals surface area contributed by atoms with Crippen molar-refractivity contribution < 1.29 is 4.79 Å². The second-order valence-corrected chi connectivity index (χ2v) is 7.26. The fourth-order valence-corrected chi connectivity index (χ4v) is 4.88. The molecule has 20 heavy (non-hydrogen) atoms. The maximum atomic E-state index is 12.4. The maximum absolute atomic E-state index is 12.4. The molecule has 0 radical (unpaired) electrons. The SMILES string of the molecule is CC1CCc2c(sc3c2CN2CCCCCC2=N3)C1=O. The van der Waals surface area contributed by atoms with Gasteiger partial charge in [-0.3, -0.25) is 4.79 Å². The normalized spacial score (nSPS) is 25.4. The monoisotopic (exact) mass is 288 g/mol. The fourth-order valence-electron chi connectivity index (χ4n) is 3.57. The highest BCUT2D eigenvalue weighted by Crippen LogP contribution is 2.44. The standard InChI is InChI=1S/C16H20N2OS/c1-10-6-7-11-12-9-18-8-4-2-3-5-13(18)17-16(12)20-15(11)14(10)19/h10H,2-9H2,1H3. The molecule has 1 fully saturated rings. The van der Waals surface area contributed by atoms with Crippen LogP contribution in [0.15, 0.2) is 4.99 Å². The van der Waals surface area contributed by atoms with Crippen LogP contribution in [0.2, 0.25) is 0 Å². The lowest BCUT2D eigenvalue weighted by atomic mass is 9.87. The van der Waals surface area contributed by atoms with Gasteiger partial charge in [-0.15, -0.1) is 11.3 Å². The molecule has 1 unspecified atom stereocenters. The molecule has 1 aliphatic carbocycles. The van der Waals surface area contributed by atoms with E-state index >= 15 is 0 Å². The van der Waals surface area contributed by atoms with E-state index in [1.54, 1.807) is 11.3 Å². The molecule has 0 aromatic carbocycles. The first-order valence-electron chi connectivity index (χ1n) is 7.75. The Kier molecular flexibility index (Phi) is 2.95. The van der Waals surface area contributed by atoms with Gasteiger partial charge in [0.25, 0.3) is 0 Å². The van der Waals surface area contributed by atoms with Crippen LogP contribution in [0.25, 0.3) is 0 Å². The average Bonchev–Trinajstić information content (AvgIpc) is 2.64. The maximum Gasteiger partial charge on any atom is 0.175 e. The Morgan fingerprint density at radius 3 is 3.00 bits per heavy atom. The third-order valence-corrected chi connectivity index (χ3v) is 6.05. The summed E-state index contributed by atoms with van der Waals surface area (Å²) in [5, 5.41) is 1.13. The molecule has 106 valence electrons. The first-order valence-corrected chi connectivity index (χ1v) is 8.57. The van der Waals surface area contributed by atoms with Crippen molar-refractivity contribution in [2.45, 2.75) is 52.0 Å². The highest BCUT2D eigenvalue weighted by atomic mass is 32.1. The van der Waals surface area contributed by atoms with Crippen molar-refractivity contribution in [2.24, 2.45) is 10.9 Å². The van der Waals surface area contributed by atoms with Gasteiger partial charge in [-0.2, -0.15) is 0 Å². The number of fused-ring (bicyclic) bond motifs is 4. The molecule has 0 saturated carbocycles. The molecule has 1 saturated heterocycles. The zero-order valence-electron chi connectivity index (χ0n) is 11.9.